The summed E-state index contributed by atoms with van der Waals surface area (Å²) >= 11 is 0. The van der Waals surface area contributed by atoms with Gasteiger partial charge in [-0.15, -0.1) is 0 Å². The minimum absolute atomic E-state index is 0.144. The summed E-state index contributed by atoms with van der Waals surface area (Å²) in [4.78, 5) is 10.4. The molecule has 1 rings (SSSR count). The molecular formula is C9H17N5O4S. The lowest BCUT2D eigenvalue weighted by molar-refractivity contribution is -0.125. The Labute approximate surface area is 110 Å². The number of nitrogens with two attached hydrogens (primary N) is 2. The van der Waals surface area contributed by atoms with Crippen LogP contribution < -0.4 is 16.2 Å². The lowest BCUT2D eigenvalue weighted by atomic mass is 10.3. The van der Waals surface area contributed by atoms with Crippen molar-refractivity contribution < 1.29 is 18.3 Å². The number of nitrogen functional groups attached to an aromatic ring is 1. The zero-order valence-electron chi connectivity index (χ0n) is 10.4. The van der Waals surface area contributed by atoms with Crippen LogP contribution in [0.2, 0.25) is 0 Å². The van der Waals surface area contributed by atoms with Crippen LogP contribution in [0.4, 0.5) is 5.82 Å². The van der Waals surface area contributed by atoms with Crippen molar-refractivity contribution in [1.29, 1.82) is 0 Å². The fourth-order valence-electron chi connectivity index (χ4n) is 1.34. The number of nitrogens with one attached hydrogen (secondary N) is 1. The first-order valence-corrected chi connectivity index (χ1v) is 7.06. The van der Waals surface area contributed by atoms with Gasteiger partial charge in [0.15, 0.2) is 5.82 Å². The molecular weight excluding hydrogens is 274 g/mol. The molecule has 0 bridgehead atoms. The largest absolute Gasteiger partial charge is 0.382 e. The number of sulfonamides is 1. The number of hydrogen-bond acceptors (Lipinski definition) is 6. The molecule has 0 aliphatic carbocycles. The molecule has 1 amide bonds. The number of nitrogens with zero attached hydrogens (tertiary/aromatic N) is 2. The molecule has 9 nitrogen and oxygen atoms in total. The number of carbonyl (C=O) groups is 1. The average molecular weight is 291 g/mol. The molecule has 1 atom stereocenters. The minimum atomic E-state index is -3.94. The first kappa shape index (κ1) is 15.4. The van der Waals surface area contributed by atoms with Crippen LogP contribution in [0.3, 0.4) is 0 Å². The number of hydrogen-bond donors (Lipinski definition) is 4. The topological polar surface area (TPSA) is 153 Å². The van der Waals surface area contributed by atoms with E-state index < -0.39 is 28.6 Å². The third-order valence-corrected chi connectivity index (χ3v) is 3.73. The van der Waals surface area contributed by atoms with Crippen LogP contribution >= 0.6 is 0 Å². The number of primary amides is 1. The summed E-state index contributed by atoms with van der Waals surface area (Å²) < 4.78 is 27.2. The van der Waals surface area contributed by atoms with Gasteiger partial charge in [-0.25, -0.2) is 13.1 Å². The molecule has 0 aliphatic rings. The molecule has 0 fully saturated rings. The number of aliphatic hydroxyl groups is 1. The van der Waals surface area contributed by atoms with Crippen molar-refractivity contribution in [3.05, 3.63) is 6.20 Å². The molecule has 19 heavy (non-hydrogen) atoms. The predicted molar refractivity (Wildman–Crippen MR) is 67.3 cm³/mol. The summed E-state index contributed by atoms with van der Waals surface area (Å²) in [6.45, 7) is 1.92. The number of rotatable bonds is 7. The Morgan fingerprint density at radius 1 is 1.63 bits per heavy atom. The summed E-state index contributed by atoms with van der Waals surface area (Å²) in [5, 5.41) is 13.0. The zero-order chi connectivity index (χ0) is 14.6. The molecule has 0 aliphatic heterocycles. The van der Waals surface area contributed by atoms with Crippen LogP contribution in [0.25, 0.3) is 0 Å². The van der Waals surface area contributed by atoms with Gasteiger partial charge >= 0.3 is 0 Å². The van der Waals surface area contributed by atoms with Crippen molar-refractivity contribution in [3.63, 3.8) is 0 Å². The van der Waals surface area contributed by atoms with Gasteiger partial charge in [0.05, 0.1) is 0 Å². The zero-order valence-corrected chi connectivity index (χ0v) is 11.2. The highest BCUT2D eigenvalue weighted by Crippen LogP contribution is 2.16. The number of aryl methyl sites for hydroxylation is 1. The highest BCUT2D eigenvalue weighted by atomic mass is 32.2. The Morgan fingerprint density at radius 3 is 2.79 bits per heavy atom. The molecule has 0 saturated carbocycles. The highest BCUT2D eigenvalue weighted by molar-refractivity contribution is 7.89. The maximum absolute atomic E-state index is 11.9. The van der Waals surface area contributed by atoms with E-state index in [9.17, 15) is 13.2 Å². The summed E-state index contributed by atoms with van der Waals surface area (Å²) in [6, 6.07) is 0. The quantitative estimate of drug-likeness (QED) is 0.455. The van der Waals surface area contributed by atoms with Crippen molar-refractivity contribution in [2.45, 2.75) is 30.9 Å². The van der Waals surface area contributed by atoms with Crippen LogP contribution in [0.15, 0.2) is 11.1 Å². The average Bonchev–Trinajstić information content (AvgIpc) is 2.68. The monoisotopic (exact) mass is 291 g/mol. The Bertz CT molecular complexity index is 553. The fraction of sp³-hybridized carbons (Fsp3) is 0.556. The van der Waals surface area contributed by atoms with E-state index in [1.807, 2.05) is 11.6 Å². The maximum Gasteiger partial charge on any atom is 0.247 e. The minimum Gasteiger partial charge on any atom is -0.382 e. The first-order chi connectivity index (χ1) is 8.77. The second-order valence-electron chi connectivity index (χ2n) is 3.91. The molecule has 0 spiro atoms. The molecule has 1 aromatic heterocycles. The number of aromatic nitrogens is 2. The molecule has 10 heteroatoms. The Kier molecular flexibility index (Phi) is 4.86. The normalized spacial score (nSPS) is 13.4. The van der Waals surface area contributed by atoms with Crippen molar-refractivity contribution in [2.24, 2.45) is 5.73 Å². The Hall–Kier alpha value is -1.65. The van der Waals surface area contributed by atoms with Gasteiger partial charge in [0, 0.05) is 19.3 Å². The van der Waals surface area contributed by atoms with Crippen LogP contribution in [0.1, 0.15) is 13.3 Å². The predicted octanol–water partition coefficient (Wildman–Crippen LogP) is -2.00. The third-order valence-electron chi connectivity index (χ3n) is 2.29. The Morgan fingerprint density at radius 2 is 2.26 bits per heavy atom. The van der Waals surface area contributed by atoms with Gasteiger partial charge < -0.3 is 16.6 Å². The van der Waals surface area contributed by atoms with Gasteiger partial charge in [0.1, 0.15) is 11.0 Å². The molecule has 1 unspecified atom stereocenters. The van der Waals surface area contributed by atoms with E-state index in [1.54, 1.807) is 0 Å². The lowest BCUT2D eigenvalue weighted by Crippen LogP contribution is -2.40. The third kappa shape index (κ3) is 3.91. The van der Waals surface area contributed by atoms with Crippen molar-refractivity contribution in [3.8, 4) is 0 Å². The number of amides is 1. The van der Waals surface area contributed by atoms with Crippen molar-refractivity contribution >= 4 is 21.7 Å². The molecule has 0 radical (unpaired) electrons. The van der Waals surface area contributed by atoms with Gasteiger partial charge in [-0.05, 0) is 6.42 Å². The number of carbonyl (C=O) groups excluding carboxylic acids is 1. The molecule has 0 saturated heterocycles. The molecule has 1 heterocycles. The van der Waals surface area contributed by atoms with E-state index in [2.05, 4.69) is 5.10 Å². The lowest BCUT2D eigenvalue weighted by Gasteiger charge is -2.08. The van der Waals surface area contributed by atoms with E-state index in [-0.39, 0.29) is 10.7 Å². The van der Waals surface area contributed by atoms with Gasteiger partial charge in [0.25, 0.3) is 0 Å². The van der Waals surface area contributed by atoms with Crippen LogP contribution in [0.5, 0.6) is 0 Å². The highest BCUT2D eigenvalue weighted by Gasteiger charge is 2.23. The van der Waals surface area contributed by atoms with Crippen LogP contribution in [-0.4, -0.2) is 41.9 Å². The smallest absolute Gasteiger partial charge is 0.247 e. The van der Waals surface area contributed by atoms with Crippen LogP contribution in [-0.2, 0) is 21.4 Å². The summed E-state index contributed by atoms with van der Waals surface area (Å²) in [7, 11) is -3.94. The van der Waals surface area contributed by atoms with Gasteiger partial charge in [-0.3, -0.25) is 9.48 Å². The molecule has 1 aromatic rings. The summed E-state index contributed by atoms with van der Waals surface area (Å²) in [6.07, 6.45) is 0.466. The van der Waals surface area contributed by atoms with Gasteiger partial charge in [0.2, 0.25) is 15.9 Å². The maximum atomic E-state index is 11.9. The SMILES string of the molecule is CCCn1cc(S(=O)(=O)NCC(O)C(N)=O)c(N)n1. The number of anilines is 1. The Balaban J connectivity index is 2.85. The number of aliphatic hydroxyl groups excluding tert-OH is 1. The van der Waals surface area contributed by atoms with E-state index in [0.717, 1.165) is 6.42 Å². The first-order valence-electron chi connectivity index (χ1n) is 5.58. The van der Waals surface area contributed by atoms with E-state index in [1.165, 1.54) is 10.9 Å². The molecule has 0 aromatic carbocycles. The van der Waals surface area contributed by atoms with Gasteiger partial charge in [-0.1, -0.05) is 6.92 Å². The van der Waals surface area contributed by atoms with Crippen molar-refractivity contribution in [1.82, 2.24) is 14.5 Å². The molecule has 6 N–H and O–H groups in total. The van der Waals surface area contributed by atoms with E-state index in [4.69, 9.17) is 16.6 Å². The van der Waals surface area contributed by atoms with E-state index in [0.29, 0.717) is 6.54 Å². The second kappa shape index (κ2) is 5.99. The molecule has 108 valence electrons. The van der Waals surface area contributed by atoms with Gasteiger partial charge in [-0.2, -0.15) is 5.10 Å². The van der Waals surface area contributed by atoms with Crippen molar-refractivity contribution in [2.75, 3.05) is 12.3 Å². The standard InChI is InChI=1S/C9H17N5O4S/c1-2-3-14-5-7(8(10)13-14)19(17,18)12-4-6(15)9(11)16/h5-6,12,15H,2-4H2,1H3,(H2,10,13)(H2,11,16). The van der Waals surface area contributed by atoms with E-state index >= 15 is 0 Å². The fourth-order valence-corrected chi connectivity index (χ4v) is 2.45. The van der Waals surface area contributed by atoms with Crippen LogP contribution in [0, 0.1) is 0 Å². The second-order valence-corrected chi connectivity index (χ2v) is 5.65. The summed E-state index contributed by atoms with van der Waals surface area (Å²) in [5.41, 5.74) is 10.3. The summed E-state index contributed by atoms with van der Waals surface area (Å²) in [5.74, 6) is -1.16.